The Morgan fingerprint density at radius 2 is 1.89 bits per heavy atom. The van der Waals surface area contributed by atoms with Crippen LogP contribution in [0.4, 0.5) is 0 Å². The van der Waals surface area contributed by atoms with Gasteiger partial charge in [-0.15, -0.1) is 11.8 Å². The molecule has 5 atom stereocenters. The van der Waals surface area contributed by atoms with Gasteiger partial charge in [0.25, 0.3) is 5.91 Å². The molecule has 0 radical (unpaired) electrons. The van der Waals surface area contributed by atoms with Gasteiger partial charge in [0.2, 0.25) is 5.91 Å². The number of allylic oxidation sites excluding steroid dienone is 1. The predicted molar refractivity (Wildman–Crippen MR) is 143 cm³/mol. The highest BCUT2D eigenvalue weighted by atomic mass is 32.2. The Labute approximate surface area is 213 Å². The first-order chi connectivity index (χ1) is 17.0. The summed E-state index contributed by atoms with van der Waals surface area (Å²) in [6, 6.07) is 9.20. The maximum absolute atomic E-state index is 11.4. The fourth-order valence-corrected chi connectivity index (χ4v) is 6.56. The molecule has 3 saturated carbocycles. The molecule has 35 heavy (non-hydrogen) atoms. The largest absolute Gasteiger partial charge is 0.484 e. The minimum absolute atomic E-state index is 0.0191. The zero-order valence-corrected chi connectivity index (χ0v) is 21.4. The molecule has 0 heterocycles. The van der Waals surface area contributed by atoms with Gasteiger partial charge >= 0.3 is 0 Å². The summed E-state index contributed by atoms with van der Waals surface area (Å²) in [4.78, 5) is 26.2. The van der Waals surface area contributed by atoms with Gasteiger partial charge in [-0.25, -0.2) is 0 Å². The summed E-state index contributed by atoms with van der Waals surface area (Å²) in [5.41, 5.74) is 11.8. The van der Waals surface area contributed by atoms with E-state index in [4.69, 9.17) is 16.2 Å². The second kappa shape index (κ2) is 14.3. The van der Waals surface area contributed by atoms with Gasteiger partial charge in [0.15, 0.2) is 6.61 Å². The zero-order chi connectivity index (χ0) is 25.0. The smallest absolute Gasteiger partial charge is 0.257 e. The lowest BCUT2D eigenvalue weighted by atomic mass is 9.86. The molecule has 5 unspecified atom stereocenters. The Kier molecular flexibility index (Phi) is 11.1. The van der Waals surface area contributed by atoms with Crippen molar-refractivity contribution in [3.8, 4) is 5.75 Å². The van der Waals surface area contributed by atoms with Crippen molar-refractivity contribution in [1.29, 1.82) is 0 Å². The zero-order valence-electron chi connectivity index (χ0n) is 20.6. The molecule has 0 aromatic heterocycles. The highest BCUT2D eigenvalue weighted by Crippen LogP contribution is 2.63. The summed E-state index contributed by atoms with van der Waals surface area (Å²) in [5, 5.41) is 4.91. The third-order valence-electron chi connectivity index (χ3n) is 7.47. The van der Waals surface area contributed by atoms with Gasteiger partial charge in [-0.3, -0.25) is 14.6 Å². The van der Waals surface area contributed by atoms with E-state index in [0.29, 0.717) is 30.5 Å². The van der Waals surface area contributed by atoms with E-state index in [1.165, 1.54) is 31.4 Å². The molecule has 3 aliphatic rings. The average molecular weight is 501 g/mol. The number of nitrogens with one attached hydrogen (secondary N) is 1. The van der Waals surface area contributed by atoms with Crippen LogP contribution in [0, 0.1) is 29.6 Å². The molecule has 4 rings (SSSR count). The molecule has 0 saturated heterocycles. The number of hydrogen-bond acceptors (Lipinski definition) is 6. The molecule has 192 valence electrons. The van der Waals surface area contributed by atoms with E-state index in [-0.39, 0.29) is 18.4 Å². The minimum Gasteiger partial charge on any atom is -0.484 e. The molecular formula is C27H40N4O3S. The van der Waals surface area contributed by atoms with E-state index in [9.17, 15) is 9.59 Å². The number of aliphatic imine (C=N–C) groups is 1. The number of nitrogens with two attached hydrogens (primary N) is 2. The van der Waals surface area contributed by atoms with Crippen molar-refractivity contribution in [2.45, 2.75) is 51.4 Å². The SMILES string of the molecule is C=N/C(=C\SCN)C1CC2CC3CC2C1C3.NC(=O)CCCCCNC(=O)COc1ccccc1. The standard InChI is InChI=1S/C14H20N2O3.C13H20N2S/c15-13(17)9-5-2-6-10-16-14(18)11-19-12-7-3-1-4-8-12;1-15-13(6-16-7-14)12-5-9-2-8-3-10(9)11(12)4-8/h1,3-4,7-8H,2,5-6,9-11H2,(H2,15,17)(H,16,18);6,8-12H,1-5,7,14H2/b;13-6-. The summed E-state index contributed by atoms with van der Waals surface area (Å²) >= 11 is 1.66. The molecule has 0 aliphatic heterocycles. The van der Waals surface area contributed by atoms with Crippen molar-refractivity contribution in [3.05, 3.63) is 41.4 Å². The summed E-state index contributed by atoms with van der Waals surface area (Å²) in [7, 11) is 0. The lowest BCUT2D eigenvalue weighted by molar-refractivity contribution is -0.123. The van der Waals surface area contributed by atoms with Crippen LogP contribution in [0.25, 0.3) is 0 Å². The van der Waals surface area contributed by atoms with E-state index in [0.717, 1.165) is 42.9 Å². The third-order valence-corrected chi connectivity index (χ3v) is 8.07. The van der Waals surface area contributed by atoms with Crippen LogP contribution in [0.3, 0.4) is 0 Å². The molecule has 2 bridgehead atoms. The molecule has 3 aliphatic carbocycles. The monoisotopic (exact) mass is 500 g/mol. The number of benzene rings is 1. The Bertz CT molecular complexity index is 861. The van der Waals surface area contributed by atoms with Crippen LogP contribution in [0.5, 0.6) is 5.75 Å². The first kappa shape index (κ1) is 27.3. The third kappa shape index (κ3) is 8.39. The van der Waals surface area contributed by atoms with E-state index >= 15 is 0 Å². The van der Waals surface area contributed by atoms with Gasteiger partial charge in [-0.2, -0.15) is 0 Å². The van der Waals surface area contributed by atoms with E-state index in [1.807, 2.05) is 18.2 Å². The van der Waals surface area contributed by atoms with Crippen LogP contribution in [0.2, 0.25) is 0 Å². The van der Waals surface area contributed by atoms with Gasteiger partial charge < -0.3 is 21.5 Å². The van der Waals surface area contributed by atoms with Crippen molar-refractivity contribution in [3.63, 3.8) is 0 Å². The normalized spacial score (nSPS) is 26.1. The van der Waals surface area contributed by atoms with E-state index in [2.05, 4.69) is 22.4 Å². The number of fused-ring (bicyclic) bond motifs is 1. The molecule has 0 spiro atoms. The first-order valence-electron chi connectivity index (χ1n) is 12.7. The lowest BCUT2D eigenvalue weighted by Gasteiger charge is -2.21. The lowest BCUT2D eigenvalue weighted by Crippen LogP contribution is -2.29. The number of ether oxygens (including phenoxy) is 1. The second-order valence-corrected chi connectivity index (χ2v) is 10.7. The quantitative estimate of drug-likeness (QED) is 0.214. The summed E-state index contributed by atoms with van der Waals surface area (Å²) in [6.07, 6.45) is 8.70. The second-order valence-electron chi connectivity index (χ2n) is 9.77. The van der Waals surface area contributed by atoms with Crippen molar-refractivity contribution < 1.29 is 14.3 Å². The van der Waals surface area contributed by atoms with Gasteiger partial charge in [-0.05, 0) is 86.5 Å². The number of carbonyl (C=O) groups is 2. The number of hydrogen-bond donors (Lipinski definition) is 3. The Morgan fingerprint density at radius 3 is 2.54 bits per heavy atom. The fourth-order valence-electron chi connectivity index (χ4n) is 6.05. The van der Waals surface area contributed by atoms with Gasteiger partial charge in [0.05, 0.1) is 0 Å². The summed E-state index contributed by atoms with van der Waals surface area (Å²) in [6.45, 7) is 4.35. The highest BCUT2D eigenvalue weighted by Gasteiger charge is 2.54. The predicted octanol–water partition coefficient (Wildman–Crippen LogP) is 4.09. The van der Waals surface area contributed by atoms with Crippen molar-refractivity contribution >= 4 is 30.3 Å². The topological polar surface area (TPSA) is 120 Å². The van der Waals surface area contributed by atoms with Crippen molar-refractivity contribution in [2.75, 3.05) is 19.0 Å². The van der Waals surface area contributed by atoms with Crippen LogP contribution in [-0.4, -0.2) is 37.6 Å². The van der Waals surface area contributed by atoms with Crippen LogP contribution < -0.4 is 21.5 Å². The molecule has 7 nitrogen and oxygen atoms in total. The maximum Gasteiger partial charge on any atom is 0.257 e. The number of amides is 2. The van der Waals surface area contributed by atoms with Gasteiger partial charge in [0.1, 0.15) is 5.75 Å². The van der Waals surface area contributed by atoms with Crippen LogP contribution >= 0.6 is 11.8 Å². The van der Waals surface area contributed by atoms with Crippen LogP contribution in [0.1, 0.15) is 51.4 Å². The van der Waals surface area contributed by atoms with Crippen LogP contribution in [-0.2, 0) is 9.59 Å². The fraction of sp³-hybridized carbons (Fsp3) is 0.593. The Hall–Kier alpha value is -2.32. The van der Waals surface area contributed by atoms with E-state index < -0.39 is 0 Å². The first-order valence-corrected chi connectivity index (χ1v) is 13.8. The molecular weight excluding hydrogens is 460 g/mol. The Balaban J connectivity index is 0.000000197. The number of nitrogens with zero attached hydrogens (tertiary/aromatic N) is 1. The van der Waals surface area contributed by atoms with Crippen LogP contribution in [0.15, 0.2) is 46.4 Å². The molecule has 2 amide bonds. The molecule has 1 aromatic rings. The number of unbranched alkanes of at least 4 members (excludes halogenated alkanes) is 2. The number of primary amides is 1. The number of thioether (sulfide) groups is 1. The number of rotatable bonds is 13. The molecule has 3 fully saturated rings. The van der Waals surface area contributed by atoms with Gasteiger partial charge in [0, 0.05) is 30.5 Å². The van der Waals surface area contributed by atoms with E-state index in [1.54, 1.807) is 23.9 Å². The summed E-state index contributed by atoms with van der Waals surface area (Å²) < 4.78 is 5.30. The van der Waals surface area contributed by atoms with Crippen molar-refractivity contribution in [2.24, 2.45) is 46.0 Å². The molecule has 8 heteroatoms. The molecule has 1 aromatic carbocycles. The number of carbonyl (C=O) groups excluding carboxylic acids is 2. The summed E-state index contributed by atoms with van der Waals surface area (Å²) in [5.74, 6) is 5.57. The Morgan fingerprint density at radius 1 is 1.11 bits per heavy atom. The number of para-hydroxylation sites is 1. The average Bonchev–Trinajstić information content (AvgIpc) is 3.50. The maximum atomic E-state index is 11.4. The van der Waals surface area contributed by atoms with Gasteiger partial charge in [-0.1, -0.05) is 24.6 Å². The highest BCUT2D eigenvalue weighted by molar-refractivity contribution is 8.02. The molecule has 5 N–H and O–H groups in total. The van der Waals surface area contributed by atoms with Crippen molar-refractivity contribution in [1.82, 2.24) is 5.32 Å². The minimum atomic E-state index is -0.278.